The van der Waals surface area contributed by atoms with E-state index in [1.807, 2.05) is 0 Å². The molecule has 1 N–H and O–H groups in total. The van der Waals surface area contributed by atoms with Crippen molar-refractivity contribution < 1.29 is 23.6 Å². The van der Waals surface area contributed by atoms with Crippen LogP contribution in [0.3, 0.4) is 0 Å². The Hall–Kier alpha value is -3.75. The number of anilines is 1. The van der Waals surface area contributed by atoms with Gasteiger partial charge in [-0.2, -0.15) is 0 Å². The third-order valence-corrected chi connectivity index (χ3v) is 6.00. The number of benzene rings is 2. The number of rotatable bonds is 5. The van der Waals surface area contributed by atoms with Gasteiger partial charge in [0.15, 0.2) is 0 Å². The number of Topliss-reactive ketones (excluding diaryl/α,β-unsaturated/α-hetero) is 1. The number of carbonyl (C=O) groups is 4. The summed E-state index contributed by atoms with van der Waals surface area (Å²) in [7, 11) is 3.05. The van der Waals surface area contributed by atoms with Crippen molar-refractivity contribution in [2.75, 3.05) is 45.6 Å². The molecule has 0 bridgehead atoms. The van der Waals surface area contributed by atoms with Gasteiger partial charge in [0.25, 0.3) is 11.8 Å². The van der Waals surface area contributed by atoms with Crippen LogP contribution in [0.1, 0.15) is 27.4 Å². The van der Waals surface area contributed by atoms with Crippen LogP contribution in [0.25, 0.3) is 0 Å². The van der Waals surface area contributed by atoms with E-state index in [9.17, 15) is 23.6 Å². The number of amides is 3. The Balaban J connectivity index is 1.44. The fourth-order valence-corrected chi connectivity index (χ4v) is 4.11. The van der Waals surface area contributed by atoms with E-state index >= 15 is 0 Å². The van der Waals surface area contributed by atoms with Crippen molar-refractivity contribution in [1.82, 2.24) is 14.7 Å². The Labute approximate surface area is 190 Å². The molecule has 172 valence electrons. The molecule has 8 nitrogen and oxygen atoms in total. The summed E-state index contributed by atoms with van der Waals surface area (Å²) in [6, 6.07) is 11.0. The number of halogens is 1. The lowest BCUT2D eigenvalue weighted by Gasteiger charge is -2.34. The van der Waals surface area contributed by atoms with Crippen LogP contribution >= 0.6 is 0 Å². The fraction of sp³-hybridized carbons (Fsp3) is 0.333. The maximum absolute atomic E-state index is 13.1. The maximum Gasteiger partial charge on any atom is 0.290 e. The molecule has 0 aliphatic carbocycles. The quantitative estimate of drug-likeness (QED) is 0.694. The molecular formula is C24H25FN4O4. The first-order chi connectivity index (χ1) is 15.7. The van der Waals surface area contributed by atoms with Gasteiger partial charge in [-0.25, -0.2) is 4.39 Å². The highest BCUT2D eigenvalue weighted by Crippen LogP contribution is 2.33. The van der Waals surface area contributed by atoms with Crippen molar-refractivity contribution in [3.8, 4) is 0 Å². The molecule has 3 amide bonds. The second-order valence-electron chi connectivity index (χ2n) is 8.47. The maximum atomic E-state index is 13.1. The molecule has 2 aliphatic heterocycles. The van der Waals surface area contributed by atoms with E-state index < -0.39 is 17.6 Å². The number of piperazine rings is 1. The highest BCUT2D eigenvalue weighted by Gasteiger charge is 2.35. The van der Waals surface area contributed by atoms with E-state index in [1.54, 1.807) is 35.2 Å². The van der Waals surface area contributed by atoms with Gasteiger partial charge in [0.1, 0.15) is 12.4 Å². The lowest BCUT2D eigenvalue weighted by Crippen LogP contribution is -2.51. The number of ketones is 1. The Morgan fingerprint density at radius 2 is 1.82 bits per heavy atom. The molecule has 4 rings (SSSR count). The van der Waals surface area contributed by atoms with Crippen molar-refractivity contribution in [3.05, 3.63) is 65.0 Å². The van der Waals surface area contributed by atoms with E-state index in [2.05, 4.69) is 5.32 Å². The van der Waals surface area contributed by atoms with Crippen LogP contribution in [0, 0.1) is 5.82 Å². The number of nitrogens with one attached hydrogen (secondary N) is 1. The second kappa shape index (κ2) is 9.01. The lowest BCUT2D eigenvalue weighted by atomic mass is 9.94. The number of fused-ring (bicyclic) bond motifs is 1. The fourth-order valence-electron chi connectivity index (χ4n) is 4.11. The van der Waals surface area contributed by atoms with Gasteiger partial charge in [0.05, 0.1) is 5.92 Å². The molecule has 2 heterocycles. The zero-order valence-electron chi connectivity index (χ0n) is 18.5. The molecule has 1 saturated heterocycles. The Morgan fingerprint density at radius 3 is 2.48 bits per heavy atom. The molecule has 0 saturated carbocycles. The summed E-state index contributed by atoms with van der Waals surface area (Å²) in [4.78, 5) is 54.8. The van der Waals surface area contributed by atoms with Crippen LogP contribution in [0.2, 0.25) is 0 Å². The molecule has 2 aromatic rings. The molecule has 1 fully saturated rings. The molecule has 2 aliphatic rings. The predicted octanol–water partition coefficient (Wildman–Crippen LogP) is 1.48. The molecule has 0 aromatic heterocycles. The van der Waals surface area contributed by atoms with Crippen molar-refractivity contribution in [1.29, 1.82) is 0 Å². The third-order valence-electron chi connectivity index (χ3n) is 6.00. The average molecular weight is 452 g/mol. The summed E-state index contributed by atoms with van der Waals surface area (Å²) in [5.74, 6) is -2.59. The number of hydrogen-bond donors (Lipinski definition) is 1. The highest BCUT2D eigenvalue weighted by molar-refractivity contribution is 6.38. The van der Waals surface area contributed by atoms with E-state index in [4.69, 9.17) is 0 Å². The molecule has 2 aromatic carbocycles. The first-order valence-corrected chi connectivity index (χ1v) is 10.7. The zero-order valence-corrected chi connectivity index (χ0v) is 18.5. The van der Waals surface area contributed by atoms with Gasteiger partial charge < -0.3 is 20.0 Å². The normalized spacial score (nSPS) is 17.4. The summed E-state index contributed by atoms with van der Waals surface area (Å²) in [6.07, 6.45) is 0. The SMILES string of the molecule is CN(C)C(=O)C(=O)C1CNc2ccc(C(=O)N3CCN(Cc4ccc(F)cc4)C(=O)C3)cc21. The van der Waals surface area contributed by atoms with Crippen LogP contribution < -0.4 is 5.32 Å². The number of hydrogen-bond acceptors (Lipinski definition) is 5. The number of carbonyl (C=O) groups excluding carboxylic acids is 4. The third kappa shape index (κ3) is 4.57. The van der Waals surface area contributed by atoms with Gasteiger partial charge in [-0.15, -0.1) is 0 Å². The van der Waals surface area contributed by atoms with E-state index in [0.29, 0.717) is 37.3 Å². The Kier molecular flexibility index (Phi) is 6.13. The molecular weight excluding hydrogens is 427 g/mol. The first kappa shape index (κ1) is 22.4. The number of nitrogens with zero attached hydrogens (tertiary/aromatic N) is 3. The second-order valence-corrected chi connectivity index (χ2v) is 8.47. The standard InChI is InChI=1S/C24H25FN4O4/c1-27(2)24(33)22(31)19-12-26-20-8-5-16(11-18(19)20)23(32)29-10-9-28(21(30)14-29)13-15-3-6-17(25)7-4-15/h3-8,11,19,26H,9-10,12-14H2,1-2H3. The van der Waals surface area contributed by atoms with E-state index in [-0.39, 0.29) is 24.2 Å². The lowest BCUT2D eigenvalue weighted by molar-refractivity contribution is -0.143. The highest BCUT2D eigenvalue weighted by atomic mass is 19.1. The van der Waals surface area contributed by atoms with Crippen LogP contribution in [-0.4, -0.2) is 78.5 Å². The van der Waals surface area contributed by atoms with Crippen LogP contribution in [0.4, 0.5) is 10.1 Å². The van der Waals surface area contributed by atoms with Crippen LogP contribution in [-0.2, 0) is 20.9 Å². The van der Waals surface area contributed by atoms with Gasteiger partial charge in [0.2, 0.25) is 11.7 Å². The van der Waals surface area contributed by atoms with Gasteiger partial charge in [0, 0.05) is 51.5 Å². The summed E-state index contributed by atoms with van der Waals surface area (Å²) in [6.45, 7) is 1.33. The first-order valence-electron chi connectivity index (χ1n) is 10.7. The van der Waals surface area contributed by atoms with Gasteiger partial charge >= 0.3 is 0 Å². The topological polar surface area (TPSA) is 90.0 Å². The van der Waals surface area contributed by atoms with Crippen LogP contribution in [0.5, 0.6) is 0 Å². The summed E-state index contributed by atoms with van der Waals surface area (Å²) >= 11 is 0. The minimum absolute atomic E-state index is 0.0587. The Bertz CT molecular complexity index is 1120. The number of likely N-dealkylation sites (N-methyl/N-ethyl adjacent to an activating group) is 1. The van der Waals surface area contributed by atoms with Crippen molar-refractivity contribution in [3.63, 3.8) is 0 Å². The largest absolute Gasteiger partial charge is 0.384 e. The minimum atomic E-state index is -0.656. The smallest absolute Gasteiger partial charge is 0.290 e. The zero-order chi connectivity index (χ0) is 23.7. The van der Waals surface area contributed by atoms with Crippen LogP contribution in [0.15, 0.2) is 42.5 Å². The molecule has 9 heteroatoms. The Morgan fingerprint density at radius 1 is 1.09 bits per heavy atom. The van der Waals surface area contributed by atoms with Crippen molar-refractivity contribution in [2.24, 2.45) is 0 Å². The molecule has 0 spiro atoms. The van der Waals surface area contributed by atoms with Crippen molar-refractivity contribution >= 4 is 29.2 Å². The van der Waals surface area contributed by atoms with Crippen molar-refractivity contribution in [2.45, 2.75) is 12.5 Å². The van der Waals surface area contributed by atoms with E-state index in [0.717, 1.165) is 11.3 Å². The molecule has 33 heavy (non-hydrogen) atoms. The summed E-state index contributed by atoms with van der Waals surface area (Å²) in [5, 5.41) is 3.11. The summed E-state index contributed by atoms with van der Waals surface area (Å²) < 4.78 is 13.1. The molecule has 1 atom stereocenters. The van der Waals surface area contributed by atoms with Gasteiger partial charge in [-0.1, -0.05) is 12.1 Å². The summed E-state index contributed by atoms with van der Waals surface area (Å²) in [5.41, 5.74) is 2.52. The van der Waals surface area contributed by atoms with E-state index in [1.165, 1.54) is 36.0 Å². The van der Waals surface area contributed by atoms with Gasteiger partial charge in [-0.3, -0.25) is 19.2 Å². The molecule has 1 unspecified atom stereocenters. The molecule has 0 radical (unpaired) electrons. The monoisotopic (exact) mass is 452 g/mol. The minimum Gasteiger partial charge on any atom is -0.384 e. The predicted molar refractivity (Wildman–Crippen MR) is 119 cm³/mol. The average Bonchev–Trinajstić information content (AvgIpc) is 3.23. The van der Waals surface area contributed by atoms with Gasteiger partial charge in [-0.05, 0) is 41.5 Å².